The molecule has 4 saturated carbocycles. The molecule has 4 heteroatoms. The molecule has 4 aliphatic carbocycles. The van der Waals surface area contributed by atoms with Gasteiger partial charge in [-0.05, 0) is 125 Å². The quantitative estimate of drug-likeness (QED) is 0.174. The van der Waals surface area contributed by atoms with Gasteiger partial charge in [-0.3, -0.25) is 9.97 Å². The Morgan fingerprint density at radius 2 is 1.15 bits per heavy atom. The van der Waals surface area contributed by atoms with Crippen molar-refractivity contribution in [2.75, 3.05) is 6.16 Å². The number of fused-ring (bicyclic) bond motifs is 2. The van der Waals surface area contributed by atoms with Crippen LogP contribution in [0.2, 0.25) is 0 Å². The van der Waals surface area contributed by atoms with Gasteiger partial charge in [0.05, 0.1) is 27.6 Å². The fourth-order valence-corrected chi connectivity index (χ4v) is 11.9. The van der Waals surface area contributed by atoms with E-state index >= 15 is 0 Å². The summed E-state index contributed by atoms with van der Waals surface area (Å²) in [5.74, 6) is 3.16. The number of nitrogens with zero attached hydrogens (tertiary/aromatic N) is 2. The molecule has 0 radical (unpaired) electrons. The molecule has 2 nitrogen and oxygen atoms in total. The summed E-state index contributed by atoms with van der Waals surface area (Å²) in [6.45, 7) is 14.4. The second-order valence-corrected chi connectivity index (χ2v) is 19.0. The standard InChI is InChI=1S/C44H52N2P2/c1-41(2,3)32-22-34(43-24-27-19-28(25-43)21-31(20-27)36(43)26-47)35(23-33(32)42(4,5)6)44(48,39-17-15-29-11-7-9-13-37(29)45-39)40-18-16-30-12-8-10-14-38(30)46-40/h7-18,22-23,27-28,31,36H,19-21,24-26,47-48H2,1-6H3. The average molecular weight is 671 g/mol. The molecule has 0 amide bonds. The van der Waals surface area contributed by atoms with Gasteiger partial charge in [0, 0.05) is 10.8 Å². The molecule has 5 atom stereocenters. The molecule has 248 valence electrons. The highest BCUT2D eigenvalue weighted by Gasteiger charge is 2.58. The number of pyridine rings is 2. The summed E-state index contributed by atoms with van der Waals surface area (Å²) >= 11 is 0. The molecule has 0 spiro atoms. The fourth-order valence-electron chi connectivity index (χ4n) is 10.5. The van der Waals surface area contributed by atoms with Crippen LogP contribution in [0.25, 0.3) is 21.8 Å². The molecule has 3 aromatic carbocycles. The maximum absolute atomic E-state index is 5.50. The number of hydrogen-bond donors (Lipinski definition) is 0. The van der Waals surface area contributed by atoms with Crippen molar-refractivity contribution in [2.24, 2.45) is 23.7 Å². The van der Waals surface area contributed by atoms with E-state index in [1.54, 1.807) is 5.56 Å². The lowest BCUT2D eigenvalue weighted by molar-refractivity contribution is -0.0522. The summed E-state index contributed by atoms with van der Waals surface area (Å²) in [6.07, 6.45) is 8.05. The highest BCUT2D eigenvalue weighted by Crippen LogP contribution is 2.66. The van der Waals surface area contributed by atoms with E-state index in [1.807, 2.05) is 0 Å². The van der Waals surface area contributed by atoms with E-state index in [0.717, 1.165) is 40.2 Å². The molecule has 0 N–H and O–H groups in total. The molecule has 5 aromatic rings. The molecule has 2 aromatic heterocycles. The summed E-state index contributed by atoms with van der Waals surface area (Å²) in [5.41, 5.74) is 10.2. The minimum atomic E-state index is -0.644. The zero-order valence-electron chi connectivity index (χ0n) is 29.7. The van der Waals surface area contributed by atoms with Gasteiger partial charge in [-0.25, -0.2) is 0 Å². The summed E-state index contributed by atoms with van der Waals surface area (Å²) in [4.78, 5) is 11.0. The highest BCUT2D eigenvalue weighted by atomic mass is 31.0. The third kappa shape index (κ3) is 5.11. The number of hydrogen-bond acceptors (Lipinski definition) is 2. The van der Waals surface area contributed by atoms with Crippen molar-refractivity contribution >= 4 is 40.3 Å². The smallest absolute Gasteiger partial charge is 0.0936 e. The van der Waals surface area contributed by atoms with E-state index in [-0.39, 0.29) is 16.2 Å². The minimum absolute atomic E-state index is 0.0145. The van der Waals surface area contributed by atoms with Crippen molar-refractivity contribution in [1.29, 1.82) is 0 Å². The zero-order valence-corrected chi connectivity index (χ0v) is 32.0. The first-order valence-electron chi connectivity index (χ1n) is 18.2. The van der Waals surface area contributed by atoms with Crippen LogP contribution in [0.3, 0.4) is 0 Å². The lowest BCUT2D eigenvalue weighted by Gasteiger charge is -2.62. The van der Waals surface area contributed by atoms with E-state index in [0.29, 0.717) is 5.92 Å². The number of aromatic nitrogens is 2. The van der Waals surface area contributed by atoms with Gasteiger partial charge in [0.25, 0.3) is 0 Å². The molecule has 5 unspecified atom stereocenters. The van der Waals surface area contributed by atoms with Gasteiger partial charge < -0.3 is 0 Å². The molecule has 0 aliphatic heterocycles. The van der Waals surface area contributed by atoms with Crippen molar-refractivity contribution < 1.29 is 0 Å². The number of benzene rings is 3. The maximum atomic E-state index is 5.50. The first kappa shape index (κ1) is 32.5. The summed E-state index contributed by atoms with van der Waals surface area (Å²) in [7, 11) is 6.61. The third-order valence-electron chi connectivity index (χ3n) is 12.5. The SMILES string of the molecule is CC(C)(C)c1cc(C(P)(c2ccc3ccccc3n2)c2ccc3ccccc3n2)c(C23CC4CC(CC(C4)C2CP)C3)cc1C(C)(C)C. The molecular weight excluding hydrogens is 618 g/mol. The molecular formula is C44H52N2P2. The zero-order chi connectivity index (χ0) is 33.6. The van der Waals surface area contributed by atoms with Crippen molar-refractivity contribution in [3.8, 4) is 0 Å². The minimum Gasteiger partial charge on any atom is -0.251 e. The topological polar surface area (TPSA) is 25.8 Å². The largest absolute Gasteiger partial charge is 0.251 e. The van der Waals surface area contributed by atoms with Crippen molar-refractivity contribution in [3.63, 3.8) is 0 Å². The predicted molar refractivity (Wildman–Crippen MR) is 210 cm³/mol. The molecule has 4 bridgehead atoms. The lowest BCUT2D eigenvalue weighted by Crippen LogP contribution is -2.56. The molecule has 9 rings (SSSR count). The van der Waals surface area contributed by atoms with Crippen LogP contribution in [0, 0.1) is 23.7 Å². The maximum Gasteiger partial charge on any atom is 0.0936 e. The fraction of sp³-hybridized carbons (Fsp3) is 0.455. The van der Waals surface area contributed by atoms with Gasteiger partial charge in [-0.2, -0.15) is 0 Å². The lowest BCUT2D eigenvalue weighted by atomic mass is 9.43. The van der Waals surface area contributed by atoms with E-state index in [4.69, 9.17) is 9.97 Å². The second kappa shape index (κ2) is 11.4. The van der Waals surface area contributed by atoms with Crippen LogP contribution in [0.4, 0.5) is 0 Å². The van der Waals surface area contributed by atoms with Crippen LogP contribution in [0.15, 0.2) is 84.9 Å². The molecule has 2 heterocycles. The van der Waals surface area contributed by atoms with Crippen LogP contribution >= 0.6 is 18.5 Å². The first-order chi connectivity index (χ1) is 22.8. The average Bonchev–Trinajstić information content (AvgIpc) is 3.05. The molecule has 48 heavy (non-hydrogen) atoms. The Morgan fingerprint density at radius 1 is 0.646 bits per heavy atom. The van der Waals surface area contributed by atoms with Crippen LogP contribution < -0.4 is 0 Å². The van der Waals surface area contributed by atoms with E-state index in [9.17, 15) is 0 Å². The monoisotopic (exact) mass is 670 g/mol. The highest BCUT2D eigenvalue weighted by molar-refractivity contribution is 7.19. The molecule has 4 aliphatic rings. The number of rotatable bonds is 5. The van der Waals surface area contributed by atoms with Gasteiger partial charge >= 0.3 is 0 Å². The molecule has 0 saturated heterocycles. The van der Waals surface area contributed by atoms with Gasteiger partial charge in [0.1, 0.15) is 0 Å². The summed E-state index contributed by atoms with van der Waals surface area (Å²) < 4.78 is 0. The summed E-state index contributed by atoms with van der Waals surface area (Å²) in [6, 6.07) is 31.5. The third-order valence-corrected chi connectivity index (χ3v) is 13.9. The normalized spacial score (nSPS) is 25.7. The van der Waals surface area contributed by atoms with Gasteiger partial charge in [0.15, 0.2) is 0 Å². The van der Waals surface area contributed by atoms with E-state index < -0.39 is 5.16 Å². The van der Waals surface area contributed by atoms with E-state index in [1.165, 1.54) is 65.7 Å². The summed E-state index contributed by atoms with van der Waals surface area (Å²) in [5, 5.41) is 1.69. The van der Waals surface area contributed by atoms with Crippen LogP contribution in [-0.2, 0) is 21.4 Å². The Kier molecular flexibility index (Phi) is 7.75. The van der Waals surface area contributed by atoms with Crippen molar-refractivity contribution in [2.45, 2.75) is 95.0 Å². The van der Waals surface area contributed by atoms with Crippen LogP contribution in [0.5, 0.6) is 0 Å². The Balaban J connectivity index is 1.50. The first-order valence-corrected chi connectivity index (χ1v) is 19.6. The Hall–Kier alpha value is -2.66. The van der Waals surface area contributed by atoms with Crippen molar-refractivity contribution in [3.05, 3.63) is 119 Å². The van der Waals surface area contributed by atoms with Crippen LogP contribution in [-0.4, -0.2) is 16.1 Å². The van der Waals surface area contributed by atoms with Gasteiger partial charge in [-0.1, -0.05) is 102 Å². The van der Waals surface area contributed by atoms with Gasteiger partial charge in [-0.15, -0.1) is 18.5 Å². The van der Waals surface area contributed by atoms with Gasteiger partial charge in [0.2, 0.25) is 0 Å². The number of para-hydroxylation sites is 2. The van der Waals surface area contributed by atoms with Crippen molar-refractivity contribution in [1.82, 2.24) is 9.97 Å². The van der Waals surface area contributed by atoms with Crippen LogP contribution in [0.1, 0.15) is 107 Å². The van der Waals surface area contributed by atoms with E-state index in [2.05, 4.69) is 145 Å². The Morgan fingerprint density at radius 3 is 1.65 bits per heavy atom. The molecule has 4 fully saturated rings. The second-order valence-electron chi connectivity index (χ2n) is 17.6. The Bertz CT molecular complexity index is 1940. The predicted octanol–water partition coefficient (Wildman–Crippen LogP) is 11.1. The Labute approximate surface area is 292 Å².